The molecule has 1 aliphatic rings. The maximum atomic E-state index is 15.1. The van der Waals surface area contributed by atoms with Gasteiger partial charge in [-0.05, 0) is 40.0 Å². The summed E-state index contributed by atoms with van der Waals surface area (Å²) in [6.45, 7) is 5.88. The first-order valence-electron chi connectivity index (χ1n) is 30.9. The standard InChI is InChI=1S/C58H107N6O19P/c1-7-9-11-13-15-17-19-21-23-25-27-29-31-33-46(68)58(47(69)38-66,52(72)43(61-39-80-84(78)79)32-30-28-26-24-22-20-18-16-14-12-10-8-2)83-57(6,60)56(77)63-44(53(59)73)34-35-48(70)64(41(4)54(74)75)36-40(3)81-51-49(62-42(5)67)55(76)82-45(37-65)50(51)71/h40-41,43-45,47,49-51,55,61,65-66,69,71,76H,7-39,60H2,1-6H3,(H5-,59,62,63,67,73,74,75,77,78,79)/p+1/t40?,41-,43?,44+,45+,47-,49+,50+,51+,55-,57+,58-/m0/s1. The number of Topliss-reactive ketones (excluding diaryl/α,β-unsaturated/α-hetero) is 2. The molecule has 488 valence electrons. The van der Waals surface area contributed by atoms with Crippen LogP contribution in [0.4, 0.5) is 0 Å². The first kappa shape index (κ1) is 78.3. The van der Waals surface area contributed by atoms with E-state index in [1.54, 1.807) is 0 Å². The topological polar surface area (TPSA) is 406 Å². The van der Waals surface area contributed by atoms with Gasteiger partial charge in [-0.2, -0.15) is 0 Å². The average molecular weight is 1220 g/mol. The number of ketones is 2. The quantitative estimate of drug-likeness (QED) is 0.0173. The maximum Gasteiger partial charge on any atom is 0.696 e. The Morgan fingerprint density at radius 3 is 1.67 bits per heavy atom. The number of hydrogen-bond acceptors (Lipinski definition) is 19. The van der Waals surface area contributed by atoms with Gasteiger partial charge >= 0.3 is 14.2 Å². The van der Waals surface area contributed by atoms with Crippen LogP contribution in [0.15, 0.2) is 0 Å². The Morgan fingerprint density at radius 1 is 0.738 bits per heavy atom. The van der Waals surface area contributed by atoms with Crippen molar-refractivity contribution in [3.63, 3.8) is 0 Å². The molecule has 1 rings (SSSR count). The summed E-state index contributed by atoms with van der Waals surface area (Å²) in [5.74, 6) is -7.75. The highest BCUT2D eigenvalue weighted by Crippen LogP contribution is 2.31. The van der Waals surface area contributed by atoms with Gasteiger partial charge < -0.3 is 66.1 Å². The molecule has 1 fully saturated rings. The Labute approximate surface area is 499 Å². The van der Waals surface area contributed by atoms with Crippen molar-refractivity contribution >= 4 is 49.4 Å². The number of aliphatic hydroxyl groups excluding tert-OH is 5. The number of primary amides is 1. The van der Waals surface area contributed by atoms with E-state index >= 15 is 4.79 Å². The van der Waals surface area contributed by atoms with Crippen molar-refractivity contribution < 1.29 is 92.4 Å². The summed E-state index contributed by atoms with van der Waals surface area (Å²) < 4.78 is 33.7. The first-order chi connectivity index (χ1) is 39.9. The molecule has 3 unspecified atom stereocenters. The molecule has 14 N–H and O–H groups in total. The molecule has 4 amide bonds. The number of carbonyl (C=O) groups excluding carboxylic acids is 6. The van der Waals surface area contributed by atoms with Gasteiger partial charge in [-0.1, -0.05) is 168 Å². The maximum absolute atomic E-state index is 15.1. The summed E-state index contributed by atoms with van der Waals surface area (Å²) in [7, 11) is -3.15. The van der Waals surface area contributed by atoms with Gasteiger partial charge in [-0.15, -0.1) is 9.42 Å². The zero-order valence-electron chi connectivity index (χ0n) is 51.2. The number of aliphatic hydroxyl groups is 5. The second kappa shape index (κ2) is 43.9. The molecular formula is C58H108N6O19P+. The second-order valence-corrected chi connectivity index (χ2v) is 23.5. The van der Waals surface area contributed by atoms with Gasteiger partial charge in [0, 0.05) is 30.9 Å². The Bertz CT molecular complexity index is 1940. The number of ether oxygens (including phenoxy) is 3. The van der Waals surface area contributed by atoms with Gasteiger partial charge in [-0.25, -0.2) is 4.79 Å². The highest BCUT2D eigenvalue weighted by atomic mass is 31.1. The van der Waals surface area contributed by atoms with Crippen molar-refractivity contribution in [1.29, 1.82) is 0 Å². The molecule has 0 aromatic rings. The third kappa shape index (κ3) is 29.3. The van der Waals surface area contributed by atoms with E-state index in [9.17, 15) is 68.9 Å². The monoisotopic (exact) mass is 1220 g/mol. The molecule has 0 aliphatic carbocycles. The van der Waals surface area contributed by atoms with E-state index in [0.717, 1.165) is 83.0 Å². The highest BCUT2D eigenvalue weighted by molar-refractivity contribution is 7.32. The highest BCUT2D eigenvalue weighted by Gasteiger charge is 2.58. The van der Waals surface area contributed by atoms with Crippen LogP contribution in [0.2, 0.25) is 0 Å². The molecule has 26 heteroatoms. The predicted molar refractivity (Wildman–Crippen MR) is 313 cm³/mol. The van der Waals surface area contributed by atoms with Crippen LogP contribution in [0.1, 0.15) is 228 Å². The molecule has 0 aromatic heterocycles. The van der Waals surface area contributed by atoms with Crippen molar-refractivity contribution in [3.8, 4) is 0 Å². The number of unbranched alkanes of at least 4 members (excludes halogenated alkanes) is 23. The summed E-state index contributed by atoms with van der Waals surface area (Å²) in [5, 5.41) is 71.0. The molecule has 84 heavy (non-hydrogen) atoms. The van der Waals surface area contributed by atoms with Gasteiger partial charge in [-0.3, -0.25) is 39.8 Å². The molecule has 25 nitrogen and oxygen atoms in total. The lowest BCUT2D eigenvalue weighted by Gasteiger charge is -2.43. The number of amides is 4. The van der Waals surface area contributed by atoms with E-state index in [2.05, 4.69) is 29.8 Å². The van der Waals surface area contributed by atoms with Gasteiger partial charge in [0.2, 0.25) is 23.3 Å². The fourth-order valence-corrected chi connectivity index (χ4v) is 10.6. The summed E-state index contributed by atoms with van der Waals surface area (Å²) in [5.41, 5.74) is 6.40. The first-order valence-corrected chi connectivity index (χ1v) is 32.0. The zero-order valence-corrected chi connectivity index (χ0v) is 52.1. The molecule has 0 saturated carbocycles. The lowest BCUT2D eigenvalue weighted by atomic mass is 9.79. The Balaban J connectivity index is 3.50. The summed E-state index contributed by atoms with van der Waals surface area (Å²) >= 11 is 0. The summed E-state index contributed by atoms with van der Waals surface area (Å²) in [6.07, 6.45) is 13.7. The number of nitrogens with zero attached hydrogens (tertiary/aromatic N) is 1. The fraction of sp³-hybridized carbons (Fsp3) is 0.879. The molecule has 0 aromatic carbocycles. The van der Waals surface area contributed by atoms with E-state index in [4.69, 9.17) is 30.2 Å². The van der Waals surface area contributed by atoms with Crippen molar-refractivity contribution in [3.05, 3.63) is 0 Å². The van der Waals surface area contributed by atoms with Crippen LogP contribution >= 0.6 is 8.25 Å². The van der Waals surface area contributed by atoms with Crippen molar-refractivity contribution in [2.75, 3.05) is 26.5 Å². The van der Waals surface area contributed by atoms with E-state index in [1.807, 2.05) is 0 Å². The van der Waals surface area contributed by atoms with Crippen LogP contribution in [-0.2, 0) is 56.9 Å². The van der Waals surface area contributed by atoms with Crippen molar-refractivity contribution in [2.45, 2.75) is 300 Å². The van der Waals surface area contributed by atoms with Crippen LogP contribution in [0, 0.1) is 0 Å². The number of carboxylic acids is 1. The molecular weight excluding hydrogens is 1120 g/mol. The summed E-state index contributed by atoms with van der Waals surface area (Å²) in [6, 6.07) is -6.08. The van der Waals surface area contributed by atoms with Gasteiger partial charge in [0.25, 0.3) is 5.91 Å². The number of carboxylic acid groups (broad SMARTS) is 1. The Kier molecular flexibility index (Phi) is 40.9. The molecule has 0 spiro atoms. The van der Waals surface area contributed by atoms with Gasteiger partial charge in [0.15, 0.2) is 30.3 Å². The average Bonchev–Trinajstić information content (AvgIpc) is 2.56. The van der Waals surface area contributed by atoms with E-state index in [0.29, 0.717) is 19.3 Å². The molecule has 13 atom stereocenters. The molecule has 0 radical (unpaired) electrons. The molecule has 1 aliphatic heterocycles. The fourth-order valence-electron chi connectivity index (χ4n) is 10.5. The van der Waals surface area contributed by atoms with E-state index in [-0.39, 0.29) is 19.3 Å². The Morgan fingerprint density at radius 2 is 1.23 bits per heavy atom. The van der Waals surface area contributed by atoms with Crippen LogP contribution in [0.5, 0.6) is 0 Å². The predicted octanol–water partition coefficient (Wildman–Crippen LogP) is 4.46. The van der Waals surface area contributed by atoms with Crippen LogP contribution in [-0.4, -0.2) is 180 Å². The number of nitrogens with two attached hydrogens (primary N) is 2. The van der Waals surface area contributed by atoms with Crippen LogP contribution in [0.3, 0.4) is 0 Å². The number of nitrogens with one attached hydrogen (secondary N) is 3. The Hall–Kier alpha value is -3.69. The minimum Gasteiger partial charge on any atom is -0.480 e. The number of rotatable bonds is 52. The number of aliphatic carboxylic acids is 1. The van der Waals surface area contributed by atoms with Crippen LogP contribution < -0.4 is 27.4 Å². The minimum absolute atomic E-state index is 0.00677. The van der Waals surface area contributed by atoms with Gasteiger partial charge in [0.1, 0.15) is 42.5 Å². The third-order valence-corrected chi connectivity index (χ3v) is 15.8. The number of hydrogen-bond donors (Lipinski definition) is 12. The largest absolute Gasteiger partial charge is 0.696 e. The van der Waals surface area contributed by atoms with Crippen LogP contribution in [0.25, 0.3) is 0 Å². The molecule has 0 bridgehead atoms. The zero-order chi connectivity index (χ0) is 63.3. The van der Waals surface area contributed by atoms with Crippen molar-refractivity contribution in [2.24, 2.45) is 11.5 Å². The normalized spacial score (nSPS) is 20.5. The number of carbonyl (C=O) groups is 7. The van der Waals surface area contributed by atoms with Gasteiger partial charge in [0.05, 0.1) is 25.4 Å². The molecule has 1 heterocycles. The SMILES string of the molecule is CCCCCCCCCCCCCCCC(=O)[C@@](O[C@@](C)(N)C(=O)N[C@H](CCC(=O)N(CC(C)O[C@H]1[C@H](O)[C@@H](CO)O[C@H](O)[C@@H]1NC(C)=O)[C@@H](C)C(=O)O)C(N)=O)(C(=O)C(CCCCCCCCCCCCCC)NCO[P+](=O)O)[C@@H](O)CO. The third-order valence-electron chi connectivity index (χ3n) is 15.4. The smallest absolute Gasteiger partial charge is 0.480 e. The van der Waals surface area contributed by atoms with E-state index in [1.165, 1.54) is 84.5 Å². The lowest BCUT2D eigenvalue weighted by molar-refractivity contribution is -0.268. The lowest BCUT2D eigenvalue weighted by Crippen LogP contribution is -2.70. The van der Waals surface area contributed by atoms with E-state index < -0.39 is 161 Å². The minimum atomic E-state index is -3.15. The molecule has 1 saturated heterocycles. The summed E-state index contributed by atoms with van der Waals surface area (Å²) in [4.78, 5) is 106. The second-order valence-electron chi connectivity index (χ2n) is 22.8. The van der Waals surface area contributed by atoms with Crippen molar-refractivity contribution in [1.82, 2.24) is 20.9 Å².